The van der Waals surface area contributed by atoms with Crippen LogP contribution in [0.1, 0.15) is 0 Å². The lowest BCUT2D eigenvalue weighted by atomic mass is 10.4. The number of aromatic nitrogens is 2. The maximum Gasteiger partial charge on any atom is 0.320 e. The van der Waals surface area contributed by atoms with Crippen LogP contribution in [0.4, 0.5) is 17.6 Å². The van der Waals surface area contributed by atoms with E-state index in [-0.39, 0.29) is 13.2 Å². The summed E-state index contributed by atoms with van der Waals surface area (Å²) >= 11 is 0. The highest BCUT2D eigenvalue weighted by Crippen LogP contribution is 2.22. The van der Waals surface area contributed by atoms with Crippen LogP contribution in [0.15, 0.2) is 17.3 Å². The highest BCUT2D eigenvalue weighted by Gasteiger charge is 2.41. The Morgan fingerprint density at radius 3 is 2.63 bits per heavy atom. The molecule has 1 aromatic rings. The molecule has 0 aliphatic heterocycles. The lowest BCUT2D eigenvalue weighted by Crippen LogP contribution is -2.41. The first kappa shape index (κ1) is 15.9. The molecule has 19 heavy (non-hydrogen) atoms. The van der Waals surface area contributed by atoms with Crippen LogP contribution in [-0.2, 0) is 16.6 Å². The van der Waals surface area contributed by atoms with Crippen LogP contribution in [0.3, 0.4) is 0 Å². The molecule has 11 heteroatoms. The van der Waals surface area contributed by atoms with Crippen molar-refractivity contribution in [2.75, 3.05) is 13.2 Å². The SMILES string of the molecule is O=S(=O)(NCC(F)(F)C(F)F)c1cnn(CCO)c1. The number of rotatable bonds is 7. The molecule has 0 saturated carbocycles. The van der Waals surface area contributed by atoms with E-state index in [0.29, 0.717) is 0 Å². The van der Waals surface area contributed by atoms with E-state index in [9.17, 15) is 26.0 Å². The van der Waals surface area contributed by atoms with Crippen LogP contribution in [0.25, 0.3) is 0 Å². The molecule has 0 aromatic carbocycles. The van der Waals surface area contributed by atoms with Gasteiger partial charge >= 0.3 is 12.3 Å². The maximum absolute atomic E-state index is 12.6. The molecule has 1 aromatic heterocycles. The van der Waals surface area contributed by atoms with Crippen molar-refractivity contribution < 1.29 is 31.1 Å². The largest absolute Gasteiger partial charge is 0.394 e. The molecule has 0 atom stereocenters. The van der Waals surface area contributed by atoms with Gasteiger partial charge < -0.3 is 5.11 Å². The van der Waals surface area contributed by atoms with E-state index < -0.39 is 33.8 Å². The van der Waals surface area contributed by atoms with E-state index in [1.54, 1.807) is 0 Å². The molecule has 0 radical (unpaired) electrons. The van der Waals surface area contributed by atoms with E-state index in [2.05, 4.69) is 5.10 Å². The average Bonchev–Trinajstić information content (AvgIpc) is 2.76. The Morgan fingerprint density at radius 1 is 1.47 bits per heavy atom. The van der Waals surface area contributed by atoms with Gasteiger partial charge in [0.2, 0.25) is 10.0 Å². The van der Waals surface area contributed by atoms with Crippen molar-refractivity contribution in [3.8, 4) is 0 Å². The van der Waals surface area contributed by atoms with Crippen molar-refractivity contribution in [3.63, 3.8) is 0 Å². The Hall–Kier alpha value is -1.20. The Morgan fingerprint density at radius 2 is 2.11 bits per heavy atom. The minimum absolute atomic E-state index is 0.0166. The van der Waals surface area contributed by atoms with Gasteiger partial charge in [0.05, 0.1) is 25.9 Å². The molecule has 0 spiro atoms. The summed E-state index contributed by atoms with van der Waals surface area (Å²) in [6.45, 7) is -1.99. The molecule has 2 N–H and O–H groups in total. The number of aliphatic hydroxyl groups is 1. The van der Waals surface area contributed by atoms with Crippen LogP contribution in [0.2, 0.25) is 0 Å². The molecule has 1 rings (SSSR count). The van der Waals surface area contributed by atoms with E-state index in [1.165, 1.54) is 4.72 Å². The Labute approximate surface area is 106 Å². The molecule has 0 unspecified atom stereocenters. The smallest absolute Gasteiger partial charge is 0.320 e. The quantitative estimate of drug-likeness (QED) is 0.697. The number of nitrogens with one attached hydrogen (secondary N) is 1. The molecule has 0 saturated heterocycles. The third-order valence-electron chi connectivity index (χ3n) is 2.07. The van der Waals surface area contributed by atoms with E-state index in [1.807, 2.05) is 0 Å². The predicted molar refractivity (Wildman–Crippen MR) is 55.5 cm³/mol. The molecular weight excluding hydrogens is 294 g/mol. The molecule has 0 aliphatic rings. The molecule has 1 heterocycles. The van der Waals surface area contributed by atoms with E-state index in [0.717, 1.165) is 17.1 Å². The standard InChI is InChI=1S/C8H11F4N3O3S/c9-7(10)8(11,12)5-14-19(17,18)6-3-13-15(4-6)1-2-16/h3-4,7,14,16H,1-2,5H2. The fourth-order valence-corrected chi connectivity index (χ4v) is 2.06. The topological polar surface area (TPSA) is 84.2 Å². The van der Waals surface area contributed by atoms with Crippen molar-refractivity contribution in [2.45, 2.75) is 23.8 Å². The van der Waals surface area contributed by atoms with Gasteiger partial charge in [0.25, 0.3) is 0 Å². The maximum atomic E-state index is 12.6. The lowest BCUT2D eigenvalue weighted by Gasteiger charge is -2.15. The minimum atomic E-state index is -4.45. The Balaban J connectivity index is 2.75. The third-order valence-corrected chi connectivity index (χ3v) is 3.42. The van der Waals surface area contributed by atoms with E-state index in [4.69, 9.17) is 5.11 Å². The van der Waals surface area contributed by atoms with Gasteiger partial charge in [0, 0.05) is 6.20 Å². The fourth-order valence-electron chi connectivity index (χ4n) is 1.06. The van der Waals surface area contributed by atoms with Gasteiger partial charge in [-0.05, 0) is 0 Å². The summed E-state index contributed by atoms with van der Waals surface area (Å²) in [4.78, 5) is -0.453. The summed E-state index contributed by atoms with van der Waals surface area (Å²) < 4.78 is 74.4. The summed E-state index contributed by atoms with van der Waals surface area (Å²) in [7, 11) is -4.35. The Bertz CT molecular complexity index is 517. The first-order valence-corrected chi connectivity index (χ1v) is 6.46. The summed E-state index contributed by atoms with van der Waals surface area (Å²) in [6, 6.07) is 0. The van der Waals surface area contributed by atoms with Crippen molar-refractivity contribution >= 4 is 10.0 Å². The van der Waals surface area contributed by atoms with E-state index >= 15 is 0 Å². The summed E-state index contributed by atoms with van der Waals surface area (Å²) in [5.41, 5.74) is 0. The van der Waals surface area contributed by atoms with Crippen LogP contribution in [-0.4, -0.2) is 48.8 Å². The number of nitrogens with zero attached hydrogens (tertiary/aromatic N) is 2. The number of alkyl halides is 4. The minimum Gasteiger partial charge on any atom is -0.394 e. The van der Waals surface area contributed by atoms with Gasteiger partial charge in [-0.25, -0.2) is 21.9 Å². The number of sulfonamides is 1. The molecule has 0 aliphatic carbocycles. The van der Waals surface area contributed by atoms with Gasteiger partial charge in [-0.2, -0.15) is 13.9 Å². The summed E-state index contributed by atoms with van der Waals surface area (Å²) in [5, 5.41) is 12.1. The highest BCUT2D eigenvalue weighted by molar-refractivity contribution is 7.89. The Kier molecular flexibility index (Phi) is 4.87. The molecule has 110 valence electrons. The lowest BCUT2D eigenvalue weighted by molar-refractivity contribution is -0.122. The van der Waals surface area contributed by atoms with Crippen LogP contribution >= 0.6 is 0 Å². The monoisotopic (exact) mass is 305 g/mol. The second-order valence-electron chi connectivity index (χ2n) is 3.55. The third kappa shape index (κ3) is 4.14. The molecule has 0 fully saturated rings. The van der Waals surface area contributed by atoms with Crippen LogP contribution in [0, 0.1) is 0 Å². The molecular formula is C8H11F4N3O3S. The highest BCUT2D eigenvalue weighted by atomic mass is 32.2. The number of hydrogen-bond acceptors (Lipinski definition) is 4. The summed E-state index contributed by atoms with van der Waals surface area (Å²) in [5.74, 6) is -4.45. The summed E-state index contributed by atoms with van der Waals surface area (Å²) in [6.07, 6.45) is -2.12. The average molecular weight is 305 g/mol. The van der Waals surface area contributed by atoms with Crippen LogP contribution < -0.4 is 4.72 Å². The second kappa shape index (κ2) is 5.84. The van der Waals surface area contributed by atoms with Gasteiger partial charge in [0.15, 0.2) is 0 Å². The fraction of sp³-hybridized carbons (Fsp3) is 0.625. The zero-order valence-electron chi connectivity index (χ0n) is 9.43. The molecule has 0 bridgehead atoms. The van der Waals surface area contributed by atoms with Crippen molar-refractivity contribution in [2.24, 2.45) is 0 Å². The van der Waals surface area contributed by atoms with Gasteiger partial charge in [-0.1, -0.05) is 0 Å². The van der Waals surface area contributed by atoms with Crippen molar-refractivity contribution in [1.82, 2.24) is 14.5 Å². The molecule has 6 nitrogen and oxygen atoms in total. The first-order valence-electron chi connectivity index (χ1n) is 4.98. The number of hydrogen-bond donors (Lipinski definition) is 2. The van der Waals surface area contributed by atoms with Crippen molar-refractivity contribution in [3.05, 3.63) is 12.4 Å². The zero-order chi connectivity index (χ0) is 14.7. The number of halogens is 4. The van der Waals surface area contributed by atoms with Crippen molar-refractivity contribution in [1.29, 1.82) is 0 Å². The normalized spacial score (nSPS) is 13.2. The van der Waals surface area contributed by atoms with Gasteiger partial charge in [0.1, 0.15) is 4.90 Å². The predicted octanol–water partition coefficient (Wildman–Crippen LogP) is 0.0541. The first-order chi connectivity index (χ1) is 8.69. The number of aliphatic hydroxyl groups excluding tert-OH is 1. The van der Waals surface area contributed by atoms with Crippen LogP contribution in [0.5, 0.6) is 0 Å². The van der Waals surface area contributed by atoms with Gasteiger partial charge in [-0.3, -0.25) is 4.68 Å². The zero-order valence-corrected chi connectivity index (χ0v) is 10.2. The molecule has 0 amide bonds. The second-order valence-corrected chi connectivity index (χ2v) is 5.32. The van der Waals surface area contributed by atoms with Gasteiger partial charge in [-0.15, -0.1) is 0 Å².